The third-order valence-corrected chi connectivity index (χ3v) is 4.49. The minimum absolute atomic E-state index is 0.293. The highest BCUT2D eigenvalue weighted by Gasteiger charge is 2.24. The Morgan fingerprint density at radius 2 is 2.20 bits per heavy atom. The first-order valence-electron chi connectivity index (χ1n) is 7.25. The molecule has 0 spiro atoms. The predicted octanol–water partition coefficient (Wildman–Crippen LogP) is 2.84. The molecule has 1 aliphatic heterocycles. The van der Waals surface area contributed by atoms with Crippen molar-refractivity contribution in [3.8, 4) is 0 Å². The number of pyridine rings is 1. The van der Waals surface area contributed by atoms with E-state index in [1.54, 1.807) is 11.3 Å². The summed E-state index contributed by atoms with van der Waals surface area (Å²) in [4.78, 5) is 7.34. The number of aromatic nitrogens is 1. The van der Waals surface area contributed by atoms with E-state index < -0.39 is 0 Å². The van der Waals surface area contributed by atoms with Crippen LogP contribution in [-0.4, -0.2) is 36.1 Å². The van der Waals surface area contributed by atoms with Crippen LogP contribution in [0.1, 0.15) is 29.4 Å². The van der Waals surface area contributed by atoms with E-state index in [4.69, 9.17) is 4.98 Å². The maximum absolute atomic E-state index is 4.78. The van der Waals surface area contributed by atoms with Crippen LogP contribution in [0.2, 0.25) is 0 Å². The fourth-order valence-corrected chi connectivity index (χ4v) is 3.52. The van der Waals surface area contributed by atoms with Gasteiger partial charge in [-0.05, 0) is 54.4 Å². The summed E-state index contributed by atoms with van der Waals surface area (Å²) in [6.07, 6.45) is 1.20. The molecule has 20 heavy (non-hydrogen) atoms. The van der Waals surface area contributed by atoms with E-state index in [0.29, 0.717) is 6.04 Å². The summed E-state index contributed by atoms with van der Waals surface area (Å²) in [5.41, 5.74) is 3.64. The van der Waals surface area contributed by atoms with Crippen molar-refractivity contribution in [1.82, 2.24) is 15.2 Å². The molecule has 106 valence electrons. The standard InChI is InChI=1S/C16H21N3S/c1-13-4-2-5-15(18-13)16(14-6-11-20-12-14)19-9-3-7-17-8-10-19/h2,4-6,11-12,16-17H,3,7-10H2,1H3. The number of aryl methyl sites for hydroxylation is 1. The normalized spacial score (nSPS) is 18.6. The third kappa shape index (κ3) is 3.08. The zero-order valence-corrected chi connectivity index (χ0v) is 12.7. The first kappa shape index (κ1) is 13.7. The van der Waals surface area contributed by atoms with Gasteiger partial charge in [-0.15, -0.1) is 0 Å². The van der Waals surface area contributed by atoms with Crippen LogP contribution in [0.3, 0.4) is 0 Å². The van der Waals surface area contributed by atoms with E-state index in [1.807, 2.05) is 0 Å². The molecule has 0 bridgehead atoms. The lowest BCUT2D eigenvalue weighted by Gasteiger charge is -2.29. The van der Waals surface area contributed by atoms with Crippen molar-refractivity contribution < 1.29 is 0 Å². The number of rotatable bonds is 3. The van der Waals surface area contributed by atoms with E-state index >= 15 is 0 Å². The quantitative estimate of drug-likeness (QED) is 0.941. The maximum atomic E-state index is 4.78. The molecule has 0 amide bonds. The Morgan fingerprint density at radius 1 is 1.25 bits per heavy atom. The highest BCUT2D eigenvalue weighted by atomic mass is 32.1. The van der Waals surface area contributed by atoms with Crippen LogP contribution in [-0.2, 0) is 0 Å². The fraction of sp³-hybridized carbons (Fsp3) is 0.438. The molecular formula is C16H21N3S. The lowest BCUT2D eigenvalue weighted by atomic mass is 10.0. The summed E-state index contributed by atoms with van der Waals surface area (Å²) in [6.45, 7) is 6.46. The first-order valence-corrected chi connectivity index (χ1v) is 8.19. The van der Waals surface area contributed by atoms with E-state index in [1.165, 1.54) is 17.7 Å². The highest BCUT2D eigenvalue weighted by Crippen LogP contribution is 2.29. The summed E-state index contributed by atoms with van der Waals surface area (Å²) < 4.78 is 0. The van der Waals surface area contributed by atoms with Crippen LogP contribution in [0.5, 0.6) is 0 Å². The molecule has 1 saturated heterocycles. The highest BCUT2D eigenvalue weighted by molar-refractivity contribution is 7.08. The van der Waals surface area contributed by atoms with Gasteiger partial charge in [0.2, 0.25) is 0 Å². The number of hydrogen-bond acceptors (Lipinski definition) is 4. The SMILES string of the molecule is Cc1cccc(C(c2ccsc2)N2CCCNCC2)n1. The number of thiophene rings is 1. The fourth-order valence-electron chi connectivity index (χ4n) is 2.84. The van der Waals surface area contributed by atoms with Gasteiger partial charge >= 0.3 is 0 Å². The van der Waals surface area contributed by atoms with Gasteiger partial charge in [-0.3, -0.25) is 9.88 Å². The van der Waals surface area contributed by atoms with E-state index in [-0.39, 0.29) is 0 Å². The van der Waals surface area contributed by atoms with Crippen LogP contribution in [0.15, 0.2) is 35.0 Å². The summed E-state index contributed by atoms with van der Waals surface area (Å²) in [6, 6.07) is 8.87. The zero-order chi connectivity index (χ0) is 13.8. The first-order chi connectivity index (χ1) is 9.84. The largest absolute Gasteiger partial charge is 0.315 e. The Kier molecular flexibility index (Phi) is 4.45. The second kappa shape index (κ2) is 6.48. The Morgan fingerprint density at radius 3 is 3.00 bits per heavy atom. The average Bonchev–Trinajstić information content (AvgIpc) is 2.83. The molecule has 0 saturated carbocycles. The Bertz CT molecular complexity index is 530. The molecule has 4 heteroatoms. The Balaban J connectivity index is 1.95. The van der Waals surface area contributed by atoms with Gasteiger partial charge in [0.1, 0.15) is 0 Å². The molecule has 1 N–H and O–H groups in total. The van der Waals surface area contributed by atoms with E-state index in [0.717, 1.165) is 31.9 Å². The lowest BCUT2D eigenvalue weighted by Crippen LogP contribution is -2.33. The molecular weight excluding hydrogens is 266 g/mol. The molecule has 3 heterocycles. The lowest BCUT2D eigenvalue weighted by molar-refractivity contribution is 0.237. The predicted molar refractivity (Wildman–Crippen MR) is 84.2 cm³/mol. The van der Waals surface area contributed by atoms with Gasteiger partial charge in [0.15, 0.2) is 0 Å². The molecule has 1 fully saturated rings. The molecule has 0 aromatic carbocycles. The summed E-state index contributed by atoms with van der Waals surface area (Å²) >= 11 is 1.77. The number of hydrogen-bond donors (Lipinski definition) is 1. The van der Waals surface area contributed by atoms with Crippen molar-refractivity contribution in [2.45, 2.75) is 19.4 Å². The van der Waals surface area contributed by atoms with E-state index in [9.17, 15) is 0 Å². The van der Waals surface area contributed by atoms with Crippen LogP contribution in [0, 0.1) is 6.92 Å². The molecule has 1 aliphatic rings. The van der Waals surface area contributed by atoms with Crippen LogP contribution in [0.4, 0.5) is 0 Å². The second-order valence-corrected chi connectivity index (χ2v) is 6.08. The third-order valence-electron chi connectivity index (χ3n) is 3.79. The Hall–Kier alpha value is -1.23. The topological polar surface area (TPSA) is 28.2 Å². The molecule has 2 aromatic rings. The number of nitrogens with one attached hydrogen (secondary N) is 1. The van der Waals surface area contributed by atoms with Crippen LogP contribution in [0.25, 0.3) is 0 Å². The summed E-state index contributed by atoms with van der Waals surface area (Å²) in [5, 5.41) is 7.90. The van der Waals surface area contributed by atoms with Gasteiger partial charge in [-0.25, -0.2) is 0 Å². The summed E-state index contributed by atoms with van der Waals surface area (Å²) in [7, 11) is 0. The van der Waals surface area contributed by atoms with Gasteiger partial charge in [0.25, 0.3) is 0 Å². The van der Waals surface area contributed by atoms with Gasteiger partial charge in [-0.2, -0.15) is 11.3 Å². The molecule has 1 atom stereocenters. The van der Waals surface area contributed by atoms with E-state index in [2.05, 4.69) is 52.2 Å². The molecule has 1 unspecified atom stereocenters. The molecule has 3 nitrogen and oxygen atoms in total. The van der Waals surface area contributed by atoms with Crippen LogP contribution >= 0.6 is 11.3 Å². The maximum Gasteiger partial charge on any atom is 0.0785 e. The van der Waals surface area contributed by atoms with Crippen molar-refractivity contribution in [2.75, 3.05) is 26.2 Å². The monoisotopic (exact) mass is 287 g/mol. The van der Waals surface area contributed by atoms with Crippen molar-refractivity contribution >= 4 is 11.3 Å². The molecule has 2 aromatic heterocycles. The molecule has 3 rings (SSSR count). The second-order valence-electron chi connectivity index (χ2n) is 5.30. The smallest absolute Gasteiger partial charge is 0.0785 e. The van der Waals surface area contributed by atoms with Gasteiger partial charge in [0, 0.05) is 25.3 Å². The van der Waals surface area contributed by atoms with Crippen molar-refractivity contribution in [3.63, 3.8) is 0 Å². The van der Waals surface area contributed by atoms with Crippen LogP contribution < -0.4 is 5.32 Å². The summed E-state index contributed by atoms with van der Waals surface area (Å²) in [5.74, 6) is 0. The van der Waals surface area contributed by atoms with Crippen molar-refractivity contribution in [1.29, 1.82) is 0 Å². The minimum Gasteiger partial charge on any atom is -0.315 e. The van der Waals surface area contributed by atoms with Crippen molar-refractivity contribution in [3.05, 3.63) is 52.0 Å². The van der Waals surface area contributed by atoms with Gasteiger partial charge < -0.3 is 5.32 Å². The number of nitrogens with zero attached hydrogens (tertiary/aromatic N) is 2. The molecule has 0 aliphatic carbocycles. The minimum atomic E-state index is 0.293. The van der Waals surface area contributed by atoms with Gasteiger partial charge in [0.05, 0.1) is 11.7 Å². The average molecular weight is 287 g/mol. The van der Waals surface area contributed by atoms with Crippen molar-refractivity contribution in [2.24, 2.45) is 0 Å². The zero-order valence-electron chi connectivity index (χ0n) is 11.9. The molecule has 0 radical (unpaired) electrons. The Labute approximate surface area is 124 Å². The van der Waals surface area contributed by atoms with Gasteiger partial charge in [-0.1, -0.05) is 6.07 Å².